The quantitative estimate of drug-likeness (QED) is 0.769. The molecule has 2 aliphatic rings. The van der Waals surface area contributed by atoms with Crippen molar-refractivity contribution in [2.45, 2.75) is 12.8 Å². The molecular weight excluding hydrogens is 310 g/mol. The van der Waals surface area contributed by atoms with E-state index in [0.29, 0.717) is 45.0 Å². The van der Waals surface area contributed by atoms with Crippen LogP contribution in [0.25, 0.3) is 0 Å². The average Bonchev–Trinajstić information content (AvgIpc) is 2.63. The Bertz CT molecular complexity index is 679. The zero-order valence-electron chi connectivity index (χ0n) is 13.9. The van der Waals surface area contributed by atoms with Gasteiger partial charge in [-0.1, -0.05) is 0 Å². The van der Waals surface area contributed by atoms with E-state index in [9.17, 15) is 14.4 Å². The molecule has 0 saturated carbocycles. The Morgan fingerprint density at radius 2 is 1.88 bits per heavy atom. The number of aromatic nitrogens is 1. The molecule has 2 fully saturated rings. The maximum atomic E-state index is 12.7. The number of hydrogen-bond donors (Lipinski definition) is 0. The largest absolute Gasteiger partial charge is 0.378 e. The fourth-order valence-corrected chi connectivity index (χ4v) is 3.31. The minimum absolute atomic E-state index is 0.120. The summed E-state index contributed by atoms with van der Waals surface area (Å²) in [5.74, 6) is -0.144. The van der Waals surface area contributed by atoms with Gasteiger partial charge in [0.1, 0.15) is 0 Å². The molecule has 2 aliphatic heterocycles. The van der Waals surface area contributed by atoms with Crippen molar-refractivity contribution in [1.29, 1.82) is 0 Å². The number of ether oxygens (including phenoxy) is 1. The molecular formula is C17H23N3O4. The molecule has 130 valence electrons. The van der Waals surface area contributed by atoms with E-state index in [1.54, 1.807) is 24.2 Å². The number of carbonyl (C=O) groups is 2. The summed E-state index contributed by atoms with van der Waals surface area (Å²) in [7, 11) is 1.63. The summed E-state index contributed by atoms with van der Waals surface area (Å²) in [5.41, 5.74) is 0.335. The van der Waals surface area contributed by atoms with Crippen molar-refractivity contribution in [1.82, 2.24) is 14.4 Å². The number of likely N-dealkylation sites (tertiary alicyclic amines) is 1. The van der Waals surface area contributed by atoms with Crippen LogP contribution < -0.4 is 5.56 Å². The first-order chi connectivity index (χ1) is 11.6. The first kappa shape index (κ1) is 16.7. The van der Waals surface area contributed by atoms with Crippen LogP contribution in [0.2, 0.25) is 0 Å². The number of carbonyl (C=O) groups excluding carboxylic acids is 2. The molecule has 1 aromatic rings. The Labute approximate surface area is 140 Å². The van der Waals surface area contributed by atoms with Crippen molar-refractivity contribution in [2.24, 2.45) is 13.0 Å². The maximum Gasteiger partial charge on any atom is 0.255 e. The number of pyridine rings is 1. The molecule has 0 aliphatic carbocycles. The smallest absolute Gasteiger partial charge is 0.255 e. The van der Waals surface area contributed by atoms with E-state index in [4.69, 9.17) is 4.74 Å². The van der Waals surface area contributed by atoms with Gasteiger partial charge in [-0.3, -0.25) is 14.4 Å². The summed E-state index contributed by atoms with van der Waals surface area (Å²) in [6.45, 7) is 3.51. The summed E-state index contributed by atoms with van der Waals surface area (Å²) < 4.78 is 6.69. The third-order valence-corrected chi connectivity index (χ3v) is 4.71. The van der Waals surface area contributed by atoms with Crippen LogP contribution >= 0.6 is 0 Å². The van der Waals surface area contributed by atoms with Crippen molar-refractivity contribution < 1.29 is 14.3 Å². The van der Waals surface area contributed by atoms with Crippen LogP contribution in [0.15, 0.2) is 23.1 Å². The topological polar surface area (TPSA) is 71.8 Å². The highest BCUT2D eigenvalue weighted by molar-refractivity contribution is 5.94. The molecule has 1 unspecified atom stereocenters. The van der Waals surface area contributed by atoms with Crippen molar-refractivity contribution in [3.63, 3.8) is 0 Å². The number of morpholine rings is 1. The summed E-state index contributed by atoms with van der Waals surface area (Å²) in [6.07, 6.45) is 3.18. The predicted molar refractivity (Wildman–Crippen MR) is 87.7 cm³/mol. The molecule has 0 bridgehead atoms. The molecule has 0 N–H and O–H groups in total. The maximum absolute atomic E-state index is 12.7. The standard InChI is InChI=1S/C17H23N3O4/c1-18-11-14(4-5-15(18)21)17(23)20-6-2-3-13(12-20)16(22)19-7-9-24-10-8-19/h4-5,11,13H,2-3,6-10,12H2,1H3. The summed E-state index contributed by atoms with van der Waals surface area (Å²) in [6, 6.07) is 2.95. The number of aryl methyl sites for hydroxylation is 1. The van der Waals surface area contributed by atoms with Crippen LogP contribution in [0.4, 0.5) is 0 Å². The van der Waals surface area contributed by atoms with Gasteiger partial charge in [0.15, 0.2) is 0 Å². The molecule has 1 aromatic heterocycles. The lowest BCUT2D eigenvalue weighted by molar-refractivity contribution is -0.141. The second-order valence-electron chi connectivity index (χ2n) is 6.39. The SMILES string of the molecule is Cn1cc(C(=O)N2CCCC(C(=O)N3CCOCC3)C2)ccc1=O. The van der Waals surface area contributed by atoms with Gasteiger partial charge >= 0.3 is 0 Å². The fraction of sp³-hybridized carbons (Fsp3) is 0.588. The zero-order valence-corrected chi connectivity index (χ0v) is 13.9. The third kappa shape index (κ3) is 3.51. The average molecular weight is 333 g/mol. The molecule has 0 aromatic carbocycles. The summed E-state index contributed by atoms with van der Waals surface area (Å²) in [5, 5.41) is 0. The predicted octanol–water partition coefficient (Wildman–Crippen LogP) is 0.0963. The van der Waals surface area contributed by atoms with E-state index in [-0.39, 0.29) is 23.3 Å². The lowest BCUT2D eigenvalue weighted by Crippen LogP contribution is -2.49. The highest BCUT2D eigenvalue weighted by Crippen LogP contribution is 2.21. The molecule has 0 spiro atoms. The van der Waals surface area contributed by atoms with E-state index in [1.807, 2.05) is 4.90 Å². The second kappa shape index (κ2) is 7.17. The molecule has 2 saturated heterocycles. The van der Waals surface area contributed by atoms with E-state index in [2.05, 4.69) is 0 Å². The lowest BCUT2D eigenvalue weighted by atomic mass is 9.95. The summed E-state index contributed by atoms with van der Waals surface area (Å²) in [4.78, 5) is 40.4. The Balaban J connectivity index is 1.68. The van der Waals surface area contributed by atoms with Crippen molar-refractivity contribution >= 4 is 11.8 Å². The highest BCUT2D eigenvalue weighted by atomic mass is 16.5. The number of rotatable bonds is 2. The molecule has 24 heavy (non-hydrogen) atoms. The van der Waals surface area contributed by atoms with Crippen molar-refractivity contribution in [3.05, 3.63) is 34.2 Å². The first-order valence-electron chi connectivity index (χ1n) is 8.39. The molecule has 3 rings (SSSR count). The number of piperidine rings is 1. The van der Waals surface area contributed by atoms with Crippen molar-refractivity contribution in [3.8, 4) is 0 Å². The zero-order chi connectivity index (χ0) is 17.1. The van der Waals surface area contributed by atoms with E-state index in [0.717, 1.165) is 12.8 Å². The minimum atomic E-state index is -0.148. The number of amides is 2. The van der Waals surface area contributed by atoms with Crippen LogP contribution in [0.1, 0.15) is 23.2 Å². The number of hydrogen-bond acceptors (Lipinski definition) is 4. The van der Waals surface area contributed by atoms with Crippen LogP contribution in [0, 0.1) is 5.92 Å². The molecule has 2 amide bonds. The monoisotopic (exact) mass is 333 g/mol. The highest BCUT2D eigenvalue weighted by Gasteiger charge is 2.32. The minimum Gasteiger partial charge on any atom is -0.378 e. The van der Waals surface area contributed by atoms with Crippen LogP contribution in [-0.2, 0) is 16.6 Å². The Morgan fingerprint density at radius 3 is 2.58 bits per heavy atom. The van der Waals surface area contributed by atoms with Crippen LogP contribution in [0.3, 0.4) is 0 Å². The lowest BCUT2D eigenvalue weighted by Gasteiger charge is -2.36. The van der Waals surface area contributed by atoms with E-state index < -0.39 is 0 Å². The van der Waals surface area contributed by atoms with Gasteiger partial charge in [0, 0.05) is 45.5 Å². The van der Waals surface area contributed by atoms with Crippen LogP contribution in [0.5, 0.6) is 0 Å². The van der Waals surface area contributed by atoms with E-state index in [1.165, 1.54) is 10.6 Å². The molecule has 7 nitrogen and oxygen atoms in total. The van der Waals surface area contributed by atoms with Gasteiger partial charge in [-0.05, 0) is 18.9 Å². The van der Waals surface area contributed by atoms with Gasteiger partial charge in [-0.2, -0.15) is 0 Å². The van der Waals surface area contributed by atoms with Gasteiger partial charge in [-0.15, -0.1) is 0 Å². The Hall–Kier alpha value is -2.15. The normalized spacial score (nSPS) is 21.6. The first-order valence-corrected chi connectivity index (χ1v) is 8.39. The third-order valence-electron chi connectivity index (χ3n) is 4.71. The molecule has 1 atom stereocenters. The molecule has 3 heterocycles. The van der Waals surface area contributed by atoms with Gasteiger partial charge in [0.25, 0.3) is 5.91 Å². The fourth-order valence-electron chi connectivity index (χ4n) is 3.31. The Kier molecular flexibility index (Phi) is 4.99. The second-order valence-corrected chi connectivity index (χ2v) is 6.39. The summed E-state index contributed by atoms with van der Waals surface area (Å²) >= 11 is 0. The number of nitrogens with zero attached hydrogens (tertiary/aromatic N) is 3. The molecule has 0 radical (unpaired) electrons. The Morgan fingerprint density at radius 1 is 1.12 bits per heavy atom. The van der Waals surface area contributed by atoms with Gasteiger partial charge in [0.05, 0.1) is 24.7 Å². The van der Waals surface area contributed by atoms with Crippen molar-refractivity contribution in [2.75, 3.05) is 39.4 Å². The van der Waals surface area contributed by atoms with Crippen LogP contribution in [-0.4, -0.2) is 65.6 Å². The van der Waals surface area contributed by atoms with Gasteiger partial charge < -0.3 is 19.1 Å². The molecule has 7 heteroatoms. The van der Waals surface area contributed by atoms with E-state index >= 15 is 0 Å². The van der Waals surface area contributed by atoms with Gasteiger partial charge in [-0.25, -0.2) is 0 Å². The van der Waals surface area contributed by atoms with Gasteiger partial charge in [0.2, 0.25) is 11.5 Å².